The highest BCUT2D eigenvalue weighted by Crippen LogP contribution is 2.20. The molecule has 0 spiro atoms. The van der Waals surface area contributed by atoms with E-state index in [1.165, 1.54) is 22.2 Å². The van der Waals surface area contributed by atoms with Crippen LogP contribution in [0.2, 0.25) is 0 Å². The largest absolute Gasteiger partial charge is 0.379 e. The van der Waals surface area contributed by atoms with Crippen LogP contribution in [-0.2, 0) is 17.8 Å². The lowest BCUT2D eigenvalue weighted by Crippen LogP contribution is -2.35. The molecule has 0 aliphatic carbocycles. The molecule has 0 bridgehead atoms. The molecule has 3 N–H and O–H groups in total. The van der Waals surface area contributed by atoms with Gasteiger partial charge in [0.05, 0.1) is 18.7 Å². The standard InChI is InChI=1S/C14H19N3O/c15-9-12-3-1-2-11-8-13(16-14(11)12)10-17-4-6-18-7-5-17/h1-3,8,16H,4-7,9-10,15H2. The minimum Gasteiger partial charge on any atom is -0.379 e. The molecule has 1 saturated heterocycles. The van der Waals surface area contributed by atoms with Gasteiger partial charge in [-0.3, -0.25) is 4.90 Å². The third-order valence-electron chi connectivity index (χ3n) is 3.52. The van der Waals surface area contributed by atoms with Gasteiger partial charge in [0.2, 0.25) is 0 Å². The average Bonchev–Trinajstić information content (AvgIpc) is 2.82. The summed E-state index contributed by atoms with van der Waals surface area (Å²) in [6.45, 7) is 5.25. The number of aromatic nitrogens is 1. The van der Waals surface area contributed by atoms with E-state index in [1.54, 1.807) is 0 Å². The molecule has 96 valence electrons. The van der Waals surface area contributed by atoms with Crippen LogP contribution in [0.5, 0.6) is 0 Å². The lowest BCUT2D eigenvalue weighted by molar-refractivity contribution is 0.0337. The molecule has 0 unspecified atom stereocenters. The number of H-pyrrole nitrogens is 1. The lowest BCUT2D eigenvalue weighted by atomic mass is 10.1. The van der Waals surface area contributed by atoms with Crippen molar-refractivity contribution in [3.05, 3.63) is 35.5 Å². The van der Waals surface area contributed by atoms with Crippen molar-refractivity contribution in [2.45, 2.75) is 13.1 Å². The van der Waals surface area contributed by atoms with Crippen LogP contribution in [0.3, 0.4) is 0 Å². The number of hydrogen-bond acceptors (Lipinski definition) is 3. The van der Waals surface area contributed by atoms with Gasteiger partial charge in [-0.15, -0.1) is 0 Å². The third-order valence-corrected chi connectivity index (χ3v) is 3.52. The van der Waals surface area contributed by atoms with Gasteiger partial charge >= 0.3 is 0 Å². The number of aromatic amines is 1. The van der Waals surface area contributed by atoms with Gasteiger partial charge in [-0.1, -0.05) is 18.2 Å². The van der Waals surface area contributed by atoms with Crippen LogP contribution in [0, 0.1) is 0 Å². The Morgan fingerprint density at radius 2 is 2.11 bits per heavy atom. The summed E-state index contributed by atoms with van der Waals surface area (Å²) >= 11 is 0. The Morgan fingerprint density at radius 1 is 1.28 bits per heavy atom. The molecule has 1 aromatic carbocycles. The number of benzene rings is 1. The third kappa shape index (κ3) is 2.27. The fraction of sp³-hybridized carbons (Fsp3) is 0.429. The van der Waals surface area contributed by atoms with Crippen molar-refractivity contribution in [3.8, 4) is 0 Å². The van der Waals surface area contributed by atoms with Gasteiger partial charge in [0.1, 0.15) is 0 Å². The summed E-state index contributed by atoms with van der Waals surface area (Å²) in [6, 6.07) is 8.51. The normalized spacial score (nSPS) is 17.4. The predicted octanol–water partition coefficient (Wildman–Crippen LogP) is 1.46. The smallest absolute Gasteiger partial charge is 0.0594 e. The molecule has 0 radical (unpaired) electrons. The quantitative estimate of drug-likeness (QED) is 0.860. The highest BCUT2D eigenvalue weighted by Gasteiger charge is 2.12. The monoisotopic (exact) mass is 245 g/mol. The molecule has 2 heterocycles. The second-order valence-corrected chi connectivity index (χ2v) is 4.77. The number of fused-ring (bicyclic) bond motifs is 1. The number of nitrogens with one attached hydrogen (secondary N) is 1. The van der Waals surface area contributed by atoms with E-state index >= 15 is 0 Å². The molecule has 1 aromatic heterocycles. The predicted molar refractivity (Wildman–Crippen MR) is 72.3 cm³/mol. The Balaban J connectivity index is 1.84. The zero-order valence-electron chi connectivity index (χ0n) is 10.5. The summed E-state index contributed by atoms with van der Waals surface area (Å²) < 4.78 is 5.36. The zero-order valence-corrected chi connectivity index (χ0v) is 10.5. The van der Waals surface area contributed by atoms with E-state index in [9.17, 15) is 0 Å². The van der Waals surface area contributed by atoms with Gasteiger partial charge in [0, 0.05) is 37.3 Å². The Hall–Kier alpha value is -1.36. The number of rotatable bonds is 3. The molecule has 1 fully saturated rings. The van der Waals surface area contributed by atoms with E-state index in [4.69, 9.17) is 10.5 Å². The molecular formula is C14H19N3O. The van der Waals surface area contributed by atoms with Gasteiger partial charge in [0.15, 0.2) is 0 Å². The first-order valence-corrected chi connectivity index (χ1v) is 6.46. The first kappa shape index (κ1) is 11.7. The molecule has 0 amide bonds. The van der Waals surface area contributed by atoms with Crippen molar-refractivity contribution in [1.29, 1.82) is 0 Å². The van der Waals surface area contributed by atoms with Crippen LogP contribution in [0.25, 0.3) is 10.9 Å². The summed E-state index contributed by atoms with van der Waals surface area (Å²) in [5, 5.41) is 1.25. The zero-order chi connectivity index (χ0) is 12.4. The second-order valence-electron chi connectivity index (χ2n) is 4.77. The molecule has 3 rings (SSSR count). The summed E-state index contributed by atoms with van der Waals surface area (Å²) in [5.41, 5.74) is 9.38. The van der Waals surface area contributed by atoms with E-state index in [1.807, 2.05) is 0 Å². The van der Waals surface area contributed by atoms with Gasteiger partial charge in [-0.25, -0.2) is 0 Å². The Labute approximate surface area is 107 Å². The minimum atomic E-state index is 0.578. The fourth-order valence-corrected chi connectivity index (χ4v) is 2.53. The number of hydrogen-bond donors (Lipinski definition) is 2. The SMILES string of the molecule is NCc1cccc2cc(CN3CCOCC3)[nH]c12. The Bertz CT molecular complexity index is 529. The summed E-state index contributed by atoms with van der Waals surface area (Å²) in [6.07, 6.45) is 0. The Morgan fingerprint density at radius 3 is 2.89 bits per heavy atom. The van der Waals surface area contributed by atoms with Crippen molar-refractivity contribution in [2.75, 3.05) is 26.3 Å². The number of morpholine rings is 1. The van der Waals surface area contributed by atoms with E-state index in [0.29, 0.717) is 6.54 Å². The number of nitrogens with two attached hydrogens (primary N) is 1. The maximum atomic E-state index is 5.76. The summed E-state index contributed by atoms with van der Waals surface area (Å²) in [4.78, 5) is 5.91. The lowest BCUT2D eigenvalue weighted by Gasteiger charge is -2.25. The Kier molecular flexibility index (Phi) is 3.32. The van der Waals surface area contributed by atoms with E-state index < -0.39 is 0 Å². The molecule has 4 heteroatoms. The molecule has 4 nitrogen and oxygen atoms in total. The topological polar surface area (TPSA) is 54.3 Å². The van der Waals surface area contributed by atoms with Gasteiger partial charge < -0.3 is 15.5 Å². The molecule has 2 aromatic rings. The maximum Gasteiger partial charge on any atom is 0.0594 e. The minimum absolute atomic E-state index is 0.578. The first-order chi connectivity index (χ1) is 8.86. The maximum absolute atomic E-state index is 5.76. The van der Waals surface area contributed by atoms with Crippen molar-refractivity contribution in [1.82, 2.24) is 9.88 Å². The average molecular weight is 245 g/mol. The molecular weight excluding hydrogens is 226 g/mol. The van der Waals surface area contributed by atoms with Gasteiger partial charge in [0.25, 0.3) is 0 Å². The van der Waals surface area contributed by atoms with Gasteiger partial charge in [-0.05, 0) is 11.6 Å². The number of nitrogens with zero attached hydrogens (tertiary/aromatic N) is 1. The van der Waals surface area contributed by atoms with Crippen LogP contribution in [-0.4, -0.2) is 36.2 Å². The van der Waals surface area contributed by atoms with Crippen molar-refractivity contribution >= 4 is 10.9 Å². The van der Waals surface area contributed by atoms with Crippen molar-refractivity contribution < 1.29 is 4.74 Å². The van der Waals surface area contributed by atoms with Crippen molar-refractivity contribution in [2.24, 2.45) is 5.73 Å². The highest BCUT2D eigenvalue weighted by molar-refractivity contribution is 5.83. The number of para-hydroxylation sites is 1. The molecule has 1 aliphatic rings. The van der Waals surface area contributed by atoms with Crippen LogP contribution < -0.4 is 5.73 Å². The second kappa shape index (κ2) is 5.10. The van der Waals surface area contributed by atoms with Crippen LogP contribution in [0.1, 0.15) is 11.3 Å². The van der Waals surface area contributed by atoms with E-state index in [0.717, 1.165) is 32.8 Å². The number of ether oxygens (including phenoxy) is 1. The first-order valence-electron chi connectivity index (χ1n) is 6.46. The molecule has 18 heavy (non-hydrogen) atoms. The van der Waals surface area contributed by atoms with E-state index in [-0.39, 0.29) is 0 Å². The van der Waals surface area contributed by atoms with E-state index in [2.05, 4.69) is 34.1 Å². The molecule has 0 atom stereocenters. The fourth-order valence-electron chi connectivity index (χ4n) is 2.53. The molecule has 1 aliphatic heterocycles. The summed E-state index contributed by atoms with van der Waals surface area (Å²) in [7, 11) is 0. The van der Waals surface area contributed by atoms with Crippen LogP contribution >= 0.6 is 0 Å². The summed E-state index contributed by atoms with van der Waals surface area (Å²) in [5.74, 6) is 0. The van der Waals surface area contributed by atoms with Crippen LogP contribution in [0.4, 0.5) is 0 Å². The highest BCUT2D eigenvalue weighted by atomic mass is 16.5. The molecule has 0 saturated carbocycles. The van der Waals surface area contributed by atoms with Crippen LogP contribution in [0.15, 0.2) is 24.3 Å². The van der Waals surface area contributed by atoms with Gasteiger partial charge in [-0.2, -0.15) is 0 Å². The van der Waals surface area contributed by atoms with Crippen molar-refractivity contribution in [3.63, 3.8) is 0 Å².